The summed E-state index contributed by atoms with van der Waals surface area (Å²) in [6.07, 6.45) is 0. The van der Waals surface area contributed by atoms with Gasteiger partial charge in [-0.25, -0.2) is 4.98 Å². The van der Waals surface area contributed by atoms with Crippen molar-refractivity contribution in [3.05, 3.63) is 76.2 Å². The van der Waals surface area contributed by atoms with Gasteiger partial charge in [-0.05, 0) is 31.2 Å². The number of para-hydroxylation sites is 1. The fourth-order valence-electron chi connectivity index (χ4n) is 2.98. The van der Waals surface area contributed by atoms with Gasteiger partial charge in [0.15, 0.2) is 6.61 Å². The minimum atomic E-state index is -0.315. The zero-order valence-corrected chi connectivity index (χ0v) is 16.7. The molecule has 0 aliphatic heterocycles. The highest BCUT2D eigenvalue weighted by Gasteiger charge is 2.14. The third-order valence-corrected chi connectivity index (χ3v) is 5.27. The molecule has 0 bridgehead atoms. The highest BCUT2D eigenvalue weighted by molar-refractivity contribution is 7.98. The van der Waals surface area contributed by atoms with Crippen LogP contribution in [0.4, 0.5) is 0 Å². The molecule has 0 saturated heterocycles. The first kappa shape index (κ1) is 18.4. The standard InChI is InChI=1S/C21H16N4O4S/c1-12-6-8-13(9-7-12)27-10-17-24-25-21(29-17)30-11-16-22-18-14-4-2-3-5-15(14)28-19(18)20(26)23-16/h2-9H,10-11H2,1H3,(H,22,23,26). The van der Waals surface area contributed by atoms with Crippen LogP contribution >= 0.6 is 11.8 Å². The maximum Gasteiger partial charge on any atom is 0.294 e. The third kappa shape index (κ3) is 3.67. The van der Waals surface area contributed by atoms with Gasteiger partial charge in [-0.1, -0.05) is 41.6 Å². The summed E-state index contributed by atoms with van der Waals surface area (Å²) in [5, 5.41) is 9.18. The number of H-pyrrole nitrogens is 1. The molecule has 9 heteroatoms. The van der Waals surface area contributed by atoms with Crippen molar-refractivity contribution in [2.24, 2.45) is 0 Å². The lowest BCUT2D eigenvalue weighted by atomic mass is 10.2. The summed E-state index contributed by atoms with van der Waals surface area (Å²) >= 11 is 1.28. The number of thioether (sulfide) groups is 1. The van der Waals surface area contributed by atoms with Crippen LogP contribution in [0.25, 0.3) is 22.1 Å². The van der Waals surface area contributed by atoms with Crippen molar-refractivity contribution in [1.82, 2.24) is 20.2 Å². The fraction of sp³-hybridized carbons (Fsp3) is 0.143. The van der Waals surface area contributed by atoms with E-state index in [4.69, 9.17) is 13.6 Å². The maximum absolute atomic E-state index is 12.4. The molecule has 0 aliphatic carbocycles. The van der Waals surface area contributed by atoms with Gasteiger partial charge in [0.25, 0.3) is 16.7 Å². The second kappa shape index (κ2) is 7.68. The Morgan fingerprint density at radius 3 is 2.77 bits per heavy atom. The van der Waals surface area contributed by atoms with Gasteiger partial charge in [-0.2, -0.15) is 0 Å². The van der Waals surface area contributed by atoms with Crippen LogP contribution in [-0.2, 0) is 12.4 Å². The van der Waals surface area contributed by atoms with Gasteiger partial charge in [-0.15, -0.1) is 10.2 Å². The molecule has 1 N–H and O–H groups in total. The van der Waals surface area contributed by atoms with Crippen molar-refractivity contribution in [1.29, 1.82) is 0 Å². The lowest BCUT2D eigenvalue weighted by Crippen LogP contribution is -2.10. The number of fused-ring (bicyclic) bond motifs is 3. The van der Waals surface area contributed by atoms with Gasteiger partial charge in [0.05, 0.1) is 5.75 Å². The first-order chi connectivity index (χ1) is 14.7. The van der Waals surface area contributed by atoms with Crippen LogP contribution in [0, 0.1) is 6.92 Å². The molecule has 0 fully saturated rings. The van der Waals surface area contributed by atoms with Gasteiger partial charge < -0.3 is 18.6 Å². The molecule has 8 nitrogen and oxygen atoms in total. The summed E-state index contributed by atoms with van der Waals surface area (Å²) in [5.74, 6) is 1.97. The number of hydrogen-bond donors (Lipinski definition) is 1. The number of aromatic nitrogens is 4. The second-order valence-electron chi connectivity index (χ2n) is 6.64. The largest absolute Gasteiger partial charge is 0.484 e. The molecule has 0 radical (unpaired) electrons. The van der Waals surface area contributed by atoms with Crippen molar-refractivity contribution < 1.29 is 13.6 Å². The Hall–Kier alpha value is -3.59. The van der Waals surface area contributed by atoms with Crippen LogP contribution in [0.3, 0.4) is 0 Å². The summed E-state index contributed by atoms with van der Waals surface area (Å²) in [4.78, 5) is 19.6. The monoisotopic (exact) mass is 420 g/mol. The Morgan fingerprint density at radius 2 is 1.90 bits per heavy atom. The van der Waals surface area contributed by atoms with Crippen molar-refractivity contribution in [3.8, 4) is 5.75 Å². The van der Waals surface area contributed by atoms with Crippen LogP contribution < -0.4 is 10.3 Å². The predicted octanol–water partition coefficient (Wildman–Crippen LogP) is 4.23. The summed E-state index contributed by atoms with van der Waals surface area (Å²) in [6, 6.07) is 15.1. The van der Waals surface area contributed by atoms with E-state index in [1.54, 1.807) is 0 Å². The Kier molecular flexibility index (Phi) is 4.72. The van der Waals surface area contributed by atoms with Crippen molar-refractivity contribution in [2.75, 3.05) is 0 Å². The Morgan fingerprint density at radius 1 is 1.07 bits per heavy atom. The average molecular weight is 420 g/mol. The van der Waals surface area contributed by atoms with Gasteiger partial charge in [0.2, 0.25) is 5.58 Å². The van der Waals surface area contributed by atoms with E-state index in [0.29, 0.717) is 33.8 Å². The van der Waals surface area contributed by atoms with Crippen LogP contribution in [0.2, 0.25) is 0 Å². The summed E-state index contributed by atoms with van der Waals surface area (Å²) in [7, 11) is 0. The first-order valence-electron chi connectivity index (χ1n) is 9.21. The Balaban J connectivity index is 1.28. The Labute approximate surface area is 174 Å². The van der Waals surface area contributed by atoms with E-state index in [1.165, 1.54) is 11.8 Å². The molecule has 0 saturated carbocycles. The van der Waals surface area contributed by atoms with E-state index < -0.39 is 0 Å². The maximum atomic E-state index is 12.4. The quantitative estimate of drug-likeness (QED) is 0.407. The molecule has 2 aromatic carbocycles. The van der Waals surface area contributed by atoms with Crippen LogP contribution in [0.5, 0.6) is 5.75 Å². The van der Waals surface area contributed by atoms with Crippen molar-refractivity contribution in [3.63, 3.8) is 0 Å². The summed E-state index contributed by atoms with van der Waals surface area (Å²) in [5.41, 5.74) is 2.24. The van der Waals surface area contributed by atoms with E-state index in [1.807, 2.05) is 55.5 Å². The number of furan rings is 1. The molecule has 3 heterocycles. The topological polar surface area (TPSA) is 107 Å². The molecule has 5 rings (SSSR count). The molecule has 5 aromatic rings. The number of rotatable bonds is 6. The summed E-state index contributed by atoms with van der Waals surface area (Å²) in [6.45, 7) is 2.19. The smallest absolute Gasteiger partial charge is 0.294 e. The lowest BCUT2D eigenvalue weighted by Gasteiger charge is -2.02. The van der Waals surface area contributed by atoms with E-state index in [2.05, 4.69) is 20.2 Å². The molecular formula is C21H16N4O4S. The van der Waals surface area contributed by atoms with Gasteiger partial charge in [-0.3, -0.25) is 4.79 Å². The second-order valence-corrected chi connectivity index (χ2v) is 7.57. The highest BCUT2D eigenvalue weighted by atomic mass is 32.2. The normalized spacial score (nSPS) is 11.4. The first-order valence-corrected chi connectivity index (χ1v) is 10.2. The van der Waals surface area contributed by atoms with Crippen LogP contribution in [0.15, 0.2) is 67.4 Å². The highest BCUT2D eigenvalue weighted by Crippen LogP contribution is 2.26. The summed E-state index contributed by atoms with van der Waals surface area (Å²) < 4.78 is 16.9. The van der Waals surface area contributed by atoms with Gasteiger partial charge >= 0.3 is 0 Å². The van der Waals surface area contributed by atoms with Gasteiger partial charge in [0, 0.05) is 5.39 Å². The average Bonchev–Trinajstić information content (AvgIpc) is 3.37. The molecule has 0 unspecified atom stereocenters. The molecule has 30 heavy (non-hydrogen) atoms. The minimum absolute atomic E-state index is 0.179. The van der Waals surface area contributed by atoms with Crippen molar-refractivity contribution >= 4 is 33.8 Å². The van der Waals surface area contributed by atoms with E-state index in [-0.39, 0.29) is 17.7 Å². The van der Waals surface area contributed by atoms with Crippen molar-refractivity contribution in [2.45, 2.75) is 24.5 Å². The molecule has 0 atom stereocenters. The molecule has 0 spiro atoms. The SMILES string of the molecule is Cc1ccc(OCc2nnc(SCc3nc4c(oc5ccccc54)c(=O)[nH]3)o2)cc1. The predicted molar refractivity (Wildman–Crippen MR) is 112 cm³/mol. The molecule has 0 amide bonds. The molecule has 0 aliphatic rings. The number of aromatic amines is 1. The molecule has 3 aromatic heterocycles. The third-order valence-electron chi connectivity index (χ3n) is 4.44. The number of hydrogen-bond acceptors (Lipinski definition) is 8. The van der Waals surface area contributed by atoms with E-state index in [9.17, 15) is 4.79 Å². The lowest BCUT2D eigenvalue weighted by molar-refractivity contribution is 0.252. The number of ether oxygens (including phenoxy) is 1. The minimum Gasteiger partial charge on any atom is -0.484 e. The zero-order valence-electron chi connectivity index (χ0n) is 15.9. The molecular weight excluding hydrogens is 404 g/mol. The van der Waals surface area contributed by atoms with E-state index in [0.717, 1.165) is 16.7 Å². The van der Waals surface area contributed by atoms with Crippen LogP contribution in [0.1, 0.15) is 17.3 Å². The fourth-order valence-corrected chi connectivity index (χ4v) is 3.63. The van der Waals surface area contributed by atoms with E-state index >= 15 is 0 Å². The Bertz CT molecular complexity index is 1390. The number of nitrogens with one attached hydrogen (secondary N) is 1. The number of benzene rings is 2. The van der Waals surface area contributed by atoms with Crippen LogP contribution in [-0.4, -0.2) is 20.2 Å². The number of nitrogens with zero attached hydrogens (tertiary/aromatic N) is 3. The molecule has 150 valence electrons. The van der Waals surface area contributed by atoms with Gasteiger partial charge in [0.1, 0.15) is 22.7 Å². The zero-order chi connectivity index (χ0) is 20.5. The number of aryl methyl sites for hydroxylation is 1.